The molecule has 1 aliphatic heterocycles. The number of methoxy groups -OCH3 is 1. The molecule has 0 saturated heterocycles. The number of amides is 1. The lowest BCUT2D eigenvalue weighted by Crippen LogP contribution is -2.35. The molecule has 0 aromatic heterocycles. The molecule has 0 saturated carbocycles. The lowest BCUT2D eigenvalue weighted by molar-refractivity contribution is -0.138. The van der Waals surface area contributed by atoms with E-state index in [0.29, 0.717) is 30.8 Å². The summed E-state index contributed by atoms with van der Waals surface area (Å²) in [4.78, 5) is 30.2. The first-order valence-electron chi connectivity index (χ1n) is 12.0. The maximum atomic E-state index is 13.0. The molecule has 3 N–H and O–H groups in total. The summed E-state index contributed by atoms with van der Waals surface area (Å²) in [5.41, 5.74) is 13.8. The standard InChI is InChI=1S/C29H31N3O4/c1-3-19-6-4-5-7-25(19)26-11-10-22(15-24(26)18-36-2)29(35)31-28(30)21-9-8-20-12-13-32(17-27(33)34)16-23(20)14-21/h4-11,14-15H,3,12-13,16-18H2,1-2H3,(H,33,34)(H2,30,31,35). The van der Waals surface area contributed by atoms with Crippen LogP contribution in [0, 0.1) is 0 Å². The van der Waals surface area contributed by atoms with E-state index in [1.54, 1.807) is 13.2 Å². The van der Waals surface area contributed by atoms with Gasteiger partial charge < -0.3 is 15.6 Å². The third-order valence-corrected chi connectivity index (χ3v) is 6.51. The Kier molecular flexibility index (Phi) is 7.93. The molecule has 0 radical (unpaired) electrons. The number of carbonyl (C=O) groups excluding carboxylic acids is 1. The van der Waals surface area contributed by atoms with E-state index in [2.05, 4.69) is 24.0 Å². The second-order valence-corrected chi connectivity index (χ2v) is 8.96. The van der Waals surface area contributed by atoms with Gasteiger partial charge in [-0.2, -0.15) is 4.99 Å². The number of rotatable bonds is 8. The zero-order valence-electron chi connectivity index (χ0n) is 20.7. The van der Waals surface area contributed by atoms with Crippen LogP contribution in [0.1, 0.15) is 45.1 Å². The number of hydrogen-bond donors (Lipinski definition) is 2. The van der Waals surface area contributed by atoms with Crippen LogP contribution >= 0.6 is 0 Å². The van der Waals surface area contributed by atoms with Crippen LogP contribution in [0.4, 0.5) is 0 Å². The molecule has 186 valence electrons. The van der Waals surface area contributed by atoms with Crippen molar-refractivity contribution in [2.45, 2.75) is 32.9 Å². The first-order chi connectivity index (χ1) is 17.4. The Morgan fingerprint density at radius 2 is 1.75 bits per heavy atom. The van der Waals surface area contributed by atoms with Crippen molar-refractivity contribution in [1.29, 1.82) is 0 Å². The van der Waals surface area contributed by atoms with Gasteiger partial charge in [0.1, 0.15) is 5.84 Å². The maximum Gasteiger partial charge on any atom is 0.317 e. The average molecular weight is 486 g/mol. The number of benzene rings is 3. The van der Waals surface area contributed by atoms with Gasteiger partial charge in [-0.25, -0.2) is 0 Å². The Hall–Kier alpha value is -3.81. The number of aliphatic imine (C=N–C) groups is 1. The summed E-state index contributed by atoms with van der Waals surface area (Å²) in [5, 5.41) is 9.10. The number of nitrogens with two attached hydrogens (primary N) is 1. The quantitative estimate of drug-likeness (QED) is 0.368. The second kappa shape index (κ2) is 11.3. The first kappa shape index (κ1) is 25.3. The van der Waals surface area contributed by atoms with Gasteiger partial charge in [-0.05, 0) is 64.4 Å². The molecule has 3 aromatic carbocycles. The maximum absolute atomic E-state index is 13.0. The van der Waals surface area contributed by atoms with Crippen molar-refractivity contribution in [2.24, 2.45) is 10.7 Å². The summed E-state index contributed by atoms with van der Waals surface area (Å²) in [6, 6.07) is 19.5. The molecule has 3 aromatic rings. The Balaban J connectivity index is 1.59. The highest BCUT2D eigenvalue weighted by Crippen LogP contribution is 2.29. The predicted octanol–water partition coefficient (Wildman–Crippen LogP) is 4.05. The summed E-state index contributed by atoms with van der Waals surface area (Å²) >= 11 is 0. The van der Waals surface area contributed by atoms with Crippen LogP contribution in [0.2, 0.25) is 0 Å². The molecule has 4 rings (SSSR count). The Labute approximate surface area is 211 Å². The van der Waals surface area contributed by atoms with Crippen molar-refractivity contribution in [1.82, 2.24) is 4.90 Å². The fraction of sp³-hybridized carbons (Fsp3) is 0.276. The molecular formula is C29H31N3O4. The highest BCUT2D eigenvalue weighted by Gasteiger charge is 2.19. The second-order valence-electron chi connectivity index (χ2n) is 8.96. The van der Waals surface area contributed by atoms with E-state index in [1.807, 2.05) is 47.4 Å². The van der Waals surface area contributed by atoms with Crippen molar-refractivity contribution in [2.75, 3.05) is 20.2 Å². The van der Waals surface area contributed by atoms with Gasteiger partial charge in [0.15, 0.2) is 0 Å². The summed E-state index contributed by atoms with van der Waals surface area (Å²) in [6.07, 6.45) is 1.67. The number of ether oxygens (including phenoxy) is 1. The Morgan fingerprint density at radius 1 is 1.00 bits per heavy atom. The molecule has 0 aliphatic carbocycles. The molecule has 7 heteroatoms. The molecule has 0 bridgehead atoms. The summed E-state index contributed by atoms with van der Waals surface area (Å²) in [7, 11) is 1.63. The normalized spacial score (nSPS) is 13.9. The molecule has 1 aliphatic rings. The van der Waals surface area contributed by atoms with Gasteiger partial charge in [0.05, 0.1) is 13.2 Å². The number of amidine groups is 1. The molecule has 1 heterocycles. The minimum atomic E-state index is -0.849. The van der Waals surface area contributed by atoms with Gasteiger partial charge in [0.25, 0.3) is 5.91 Å². The van der Waals surface area contributed by atoms with Gasteiger partial charge in [0.2, 0.25) is 0 Å². The molecule has 0 fully saturated rings. The van der Waals surface area contributed by atoms with Crippen molar-refractivity contribution in [3.63, 3.8) is 0 Å². The number of nitrogens with zero attached hydrogens (tertiary/aromatic N) is 2. The monoisotopic (exact) mass is 485 g/mol. The van der Waals surface area contributed by atoms with E-state index in [4.69, 9.17) is 15.6 Å². The van der Waals surface area contributed by atoms with Crippen LogP contribution in [-0.2, 0) is 35.5 Å². The molecule has 0 atom stereocenters. The molecule has 1 amide bonds. The Morgan fingerprint density at radius 3 is 2.50 bits per heavy atom. The number of carboxylic acids is 1. The zero-order chi connectivity index (χ0) is 25.7. The predicted molar refractivity (Wildman–Crippen MR) is 140 cm³/mol. The van der Waals surface area contributed by atoms with Gasteiger partial charge in [-0.1, -0.05) is 49.4 Å². The highest BCUT2D eigenvalue weighted by atomic mass is 16.5. The third-order valence-electron chi connectivity index (χ3n) is 6.51. The van der Waals surface area contributed by atoms with Crippen molar-refractivity contribution in [3.05, 3.63) is 94.0 Å². The van der Waals surface area contributed by atoms with Gasteiger partial charge >= 0.3 is 5.97 Å². The number of fused-ring (bicyclic) bond motifs is 1. The zero-order valence-corrected chi connectivity index (χ0v) is 20.7. The first-order valence-corrected chi connectivity index (χ1v) is 12.0. The molecule has 0 unspecified atom stereocenters. The van der Waals surface area contributed by atoms with Crippen LogP contribution in [-0.4, -0.2) is 47.9 Å². The molecule has 0 spiro atoms. The summed E-state index contributed by atoms with van der Waals surface area (Å²) < 4.78 is 5.42. The molecular weight excluding hydrogens is 454 g/mol. The topological polar surface area (TPSA) is 105 Å². The fourth-order valence-corrected chi connectivity index (χ4v) is 4.70. The fourth-order valence-electron chi connectivity index (χ4n) is 4.70. The smallest absolute Gasteiger partial charge is 0.317 e. The molecule has 7 nitrogen and oxygen atoms in total. The lowest BCUT2D eigenvalue weighted by atomic mass is 9.93. The number of carbonyl (C=O) groups is 2. The Bertz CT molecular complexity index is 1320. The minimum absolute atomic E-state index is 0.00570. The van der Waals surface area contributed by atoms with E-state index in [0.717, 1.165) is 40.7 Å². The van der Waals surface area contributed by atoms with Crippen LogP contribution in [0.15, 0.2) is 65.7 Å². The van der Waals surface area contributed by atoms with E-state index in [-0.39, 0.29) is 12.4 Å². The van der Waals surface area contributed by atoms with E-state index in [1.165, 1.54) is 5.56 Å². The van der Waals surface area contributed by atoms with Crippen molar-refractivity contribution < 1.29 is 19.4 Å². The highest BCUT2D eigenvalue weighted by molar-refractivity contribution is 6.09. The van der Waals surface area contributed by atoms with Crippen LogP contribution in [0.25, 0.3) is 11.1 Å². The van der Waals surface area contributed by atoms with E-state index in [9.17, 15) is 9.59 Å². The van der Waals surface area contributed by atoms with Crippen LogP contribution < -0.4 is 5.73 Å². The third kappa shape index (κ3) is 5.70. The van der Waals surface area contributed by atoms with Crippen molar-refractivity contribution >= 4 is 17.7 Å². The number of carboxylic acid groups (broad SMARTS) is 1. The average Bonchev–Trinajstić information content (AvgIpc) is 2.88. The summed E-state index contributed by atoms with van der Waals surface area (Å²) in [5.74, 6) is -1.14. The van der Waals surface area contributed by atoms with E-state index >= 15 is 0 Å². The lowest BCUT2D eigenvalue weighted by Gasteiger charge is -2.27. The van der Waals surface area contributed by atoms with Crippen molar-refractivity contribution in [3.8, 4) is 11.1 Å². The molecule has 36 heavy (non-hydrogen) atoms. The number of aliphatic carboxylic acids is 1. The number of aryl methyl sites for hydroxylation is 1. The van der Waals surface area contributed by atoms with Gasteiger partial charge in [-0.3, -0.25) is 14.5 Å². The van der Waals surface area contributed by atoms with Gasteiger partial charge in [-0.15, -0.1) is 0 Å². The SMILES string of the molecule is CCc1ccccc1-c1ccc(C(=O)N=C(N)c2ccc3c(c2)CN(CC(=O)O)CC3)cc1COC. The van der Waals surface area contributed by atoms with Gasteiger partial charge in [0, 0.05) is 31.3 Å². The van der Waals surface area contributed by atoms with E-state index < -0.39 is 11.9 Å². The van der Waals surface area contributed by atoms with Crippen LogP contribution in [0.5, 0.6) is 0 Å². The van der Waals surface area contributed by atoms with Crippen LogP contribution in [0.3, 0.4) is 0 Å². The summed E-state index contributed by atoms with van der Waals surface area (Å²) in [6.45, 7) is 3.70. The largest absolute Gasteiger partial charge is 0.480 e. The number of hydrogen-bond acceptors (Lipinski definition) is 4. The minimum Gasteiger partial charge on any atom is -0.480 e.